The lowest BCUT2D eigenvalue weighted by atomic mass is 10.1. The summed E-state index contributed by atoms with van der Waals surface area (Å²) in [4.78, 5) is 12.6. The Morgan fingerprint density at radius 2 is 1.92 bits per heavy atom. The summed E-state index contributed by atoms with van der Waals surface area (Å²) in [5.41, 5.74) is 5.69. The number of nitrogens with zero attached hydrogens (tertiary/aromatic N) is 3. The number of aromatic nitrogens is 2. The van der Waals surface area contributed by atoms with Gasteiger partial charge in [-0.1, -0.05) is 30.3 Å². The zero-order valence-electron chi connectivity index (χ0n) is 15.1. The summed E-state index contributed by atoms with van der Waals surface area (Å²) in [7, 11) is 0. The predicted octanol–water partition coefficient (Wildman–Crippen LogP) is 3.98. The van der Waals surface area contributed by atoms with E-state index in [1.165, 1.54) is 11.1 Å². The molecule has 2 aromatic carbocycles. The first-order valence-corrected chi connectivity index (χ1v) is 8.39. The van der Waals surface area contributed by atoms with Crippen LogP contribution in [0.5, 0.6) is 0 Å². The minimum Gasteiger partial charge on any atom is -0.319 e. The zero-order chi connectivity index (χ0) is 18.7. The molecule has 130 valence electrons. The molecule has 26 heavy (non-hydrogen) atoms. The van der Waals surface area contributed by atoms with Gasteiger partial charge in [0.2, 0.25) is 0 Å². The van der Waals surface area contributed by atoms with Crippen LogP contribution in [-0.2, 0) is 6.54 Å². The average molecular weight is 344 g/mol. The van der Waals surface area contributed by atoms with Gasteiger partial charge < -0.3 is 5.32 Å². The third-order valence-electron chi connectivity index (χ3n) is 4.46. The Hall–Kier alpha value is -3.39. The SMILES string of the molecule is Cc1ccccc1Cn1nc(C)c(NC(=O)c2cccc(C#N)c2)c1C. The Kier molecular flexibility index (Phi) is 4.85. The van der Waals surface area contributed by atoms with E-state index in [0.717, 1.165) is 11.4 Å². The summed E-state index contributed by atoms with van der Waals surface area (Å²) in [5.74, 6) is -0.247. The van der Waals surface area contributed by atoms with E-state index in [9.17, 15) is 4.79 Å². The lowest BCUT2D eigenvalue weighted by Gasteiger charge is -2.09. The van der Waals surface area contributed by atoms with E-state index >= 15 is 0 Å². The fourth-order valence-corrected chi connectivity index (χ4v) is 2.90. The molecule has 3 aromatic rings. The van der Waals surface area contributed by atoms with E-state index in [-0.39, 0.29) is 5.91 Å². The second kappa shape index (κ2) is 7.24. The maximum absolute atomic E-state index is 12.6. The summed E-state index contributed by atoms with van der Waals surface area (Å²) in [6, 6.07) is 16.9. The van der Waals surface area contributed by atoms with Crippen molar-refractivity contribution >= 4 is 11.6 Å². The Morgan fingerprint density at radius 3 is 2.65 bits per heavy atom. The molecule has 0 saturated carbocycles. The maximum Gasteiger partial charge on any atom is 0.255 e. The minimum atomic E-state index is -0.247. The van der Waals surface area contributed by atoms with Crippen LogP contribution in [0.1, 0.15) is 38.4 Å². The molecule has 0 aliphatic rings. The number of rotatable bonds is 4. The van der Waals surface area contributed by atoms with E-state index < -0.39 is 0 Å². The van der Waals surface area contributed by atoms with Crippen LogP contribution in [0.2, 0.25) is 0 Å². The van der Waals surface area contributed by atoms with E-state index in [4.69, 9.17) is 5.26 Å². The number of nitrogens with one attached hydrogen (secondary N) is 1. The molecular formula is C21H20N4O. The highest BCUT2D eigenvalue weighted by molar-refractivity contribution is 6.05. The van der Waals surface area contributed by atoms with Crippen LogP contribution < -0.4 is 5.32 Å². The van der Waals surface area contributed by atoms with E-state index in [1.807, 2.05) is 36.7 Å². The molecule has 0 spiro atoms. The number of nitriles is 1. The average Bonchev–Trinajstić information content (AvgIpc) is 2.91. The van der Waals surface area contributed by atoms with Gasteiger partial charge in [0.25, 0.3) is 5.91 Å². The van der Waals surface area contributed by atoms with Gasteiger partial charge in [-0.25, -0.2) is 0 Å². The lowest BCUT2D eigenvalue weighted by Crippen LogP contribution is -2.13. The van der Waals surface area contributed by atoms with Crippen LogP contribution in [0.3, 0.4) is 0 Å². The number of carbonyl (C=O) groups is 1. The van der Waals surface area contributed by atoms with Gasteiger partial charge in [0.15, 0.2) is 0 Å². The molecule has 3 rings (SSSR count). The van der Waals surface area contributed by atoms with Crippen LogP contribution in [0, 0.1) is 32.1 Å². The van der Waals surface area contributed by atoms with Gasteiger partial charge in [-0.15, -0.1) is 0 Å². The lowest BCUT2D eigenvalue weighted by molar-refractivity contribution is 0.102. The smallest absolute Gasteiger partial charge is 0.255 e. The highest BCUT2D eigenvalue weighted by atomic mass is 16.1. The van der Waals surface area contributed by atoms with Gasteiger partial charge in [-0.3, -0.25) is 9.48 Å². The Balaban J connectivity index is 1.85. The Morgan fingerprint density at radius 1 is 1.15 bits per heavy atom. The highest BCUT2D eigenvalue weighted by Gasteiger charge is 2.16. The largest absolute Gasteiger partial charge is 0.319 e. The Bertz CT molecular complexity index is 1010. The maximum atomic E-state index is 12.6. The monoisotopic (exact) mass is 344 g/mol. The van der Waals surface area contributed by atoms with Crippen molar-refractivity contribution in [1.82, 2.24) is 9.78 Å². The number of benzene rings is 2. The molecule has 5 heteroatoms. The van der Waals surface area contributed by atoms with E-state index in [2.05, 4.69) is 29.5 Å². The van der Waals surface area contributed by atoms with Crippen molar-refractivity contribution in [2.75, 3.05) is 5.32 Å². The van der Waals surface area contributed by atoms with Crippen molar-refractivity contribution in [3.63, 3.8) is 0 Å². The summed E-state index contributed by atoms with van der Waals surface area (Å²) < 4.78 is 1.90. The standard InChI is InChI=1S/C21H20N4O/c1-14-7-4-5-9-19(14)13-25-16(3)20(15(2)24-25)23-21(26)18-10-6-8-17(11-18)12-22/h4-11H,13H2,1-3H3,(H,23,26). The molecule has 5 nitrogen and oxygen atoms in total. The number of hydrogen-bond donors (Lipinski definition) is 1. The summed E-state index contributed by atoms with van der Waals surface area (Å²) in [5, 5.41) is 16.5. The van der Waals surface area contributed by atoms with Crippen LogP contribution in [0.15, 0.2) is 48.5 Å². The molecule has 0 saturated heterocycles. The van der Waals surface area contributed by atoms with Gasteiger partial charge in [0.05, 0.1) is 35.3 Å². The summed E-state index contributed by atoms with van der Waals surface area (Å²) in [6.45, 7) is 6.55. The molecule has 1 heterocycles. The van der Waals surface area contributed by atoms with Crippen LogP contribution in [0.4, 0.5) is 5.69 Å². The molecule has 0 aliphatic heterocycles. The van der Waals surface area contributed by atoms with Crippen LogP contribution in [0.25, 0.3) is 0 Å². The third-order valence-corrected chi connectivity index (χ3v) is 4.46. The number of amides is 1. The first-order valence-electron chi connectivity index (χ1n) is 8.39. The first-order chi connectivity index (χ1) is 12.5. The highest BCUT2D eigenvalue weighted by Crippen LogP contribution is 2.22. The number of anilines is 1. The molecule has 1 aromatic heterocycles. The first kappa shape index (κ1) is 17.4. The third kappa shape index (κ3) is 3.50. The van der Waals surface area contributed by atoms with Crippen molar-refractivity contribution in [2.24, 2.45) is 0 Å². The van der Waals surface area contributed by atoms with Crippen molar-refractivity contribution in [1.29, 1.82) is 5.26 Å². The van der Waals surface area contributed by atoms with Gasteiger partial charge >= 0.3 is 0 Å². The van der Waals surface area contributed by atoms with Crippen LogP contribution >= 0.6 is 0 Å². The normalized spacial score (nSPS) is 10.4. The van der Waals surface area contributed by atoms with Gasteiger partial charge in [0, 0.05) is 5.56 Å². The van der Waals surface area contributed by atoms with Crippen molar-refractivity contribution in [3.05, 3.63) is 82.2 Å². The van der Waals surface area contributed by atoms with Gasteiger partial charge in [-0.05, 0) is 50.1 Å². The summed E-state index contributed by atoms with van der Waals surface area (Å²) in [6.07, 6.45) is 0. The molecule has 0 bridgehead atoms. The Labute approximate surface area is 152 Å². The molecule has 0 fully saturated rings. The summed E-state index contributed by atoms with van der Waals surface area (Å²) >= 11 is 0. The fraction of sp³-hybridized carbons (Fsp3) is 0.190. The van der Waals surface area contributed by atoms with Gasteiger partial charge in [0.1, 0.15) is 0 Å². The van der Waals surface area contributed by atoms with Gasteiger partial charge in [-0.2, -0.15) is 10.4 Å². The van der Waals surface area contributed by atoms with Crippen LogP contribution in [-0.4, -0.2) is 15.7 Å². The van der Waals surface area contributed by atoms with E-state index in [0.29, 0.717) is 23.4 Å². The van der Waals surface area contributed by atoms with Crippen molar-refractivity contribution in [2.45, 2.75) is 27.3 Å². The zero-order valence-corrected chi connectivity index (χ0v) is 15.1. The molecule has 0 unspecified atom stereocenters. The topological polar surface area (TPSA) is 70.7 Å². The van der Waals surface area contributed by atoms with E-state index in [1.54, 1.807) is 24.3 Å². The second-order valence-corrected chi connectivity index (χ2v) is 6.28. The number of carbonyl (C=O) groups excluding carboxylic acids is 1. The number of aryl methyl sites for hydroxylation is 2. The molecule has 1 amide bonds. The molecule has 0 aliphatic carbocycles. The quantitative estimate of drug-likeness (QED) is 0.778. The fourth-order valence-electron chi connectivity index (χ4n) is 2.90. The van der Waals surface area contributed by atoms with Crippen molar-refractivity contribution < 1.29 is 4.79 Å². The molecule has 0 radical (unpaired) electrons. The predicted molar refractivity (Wildman–Crippen MR) is 101 cm³/mol. The minimum absolute atomic E-state index is 0.247. The second-order valence-electron chi connectivity index (χ2n) is 6.28. The molecule has 0 atom stereocenters. The van der Waals surface area contributed by atoms with Crippen molar-refractivity contribution in [3.8, 4) is 6.07 Å². The number of hydrogen-bond acceptors (Lipinski definition) is 3. The molecule has 1 N–H and O–H groups in total. The molecular weight excluding hydrogens is 324 g/mol.